The molecule has 4 heteroatoms. The summed E-state index contributed by atoms with van der Waals surface area (Å²) in [5.41, 5.74) is 1.92. The monoisotopic (exact) mass is 282 g/mol. The van der Waals surface area contributed by atoms with Crippen molar-refractivity contribution < 1.29 is 5.11 Å². The molecular weight excluding hydrogens is 268 g/mol. The second-order valence-corrected chi connectivity index (χ2v) is 5.67. The molecule has 1 aromatic heterocycles. The molecule has 1 heterocycles. The Balaban J connectivity index is 2.09. The zero-order valence-corrected chi connectivity index (χ0v) is 12.1. The number of phenols is 1. The third kappa shape index (κ3) is 2.47. The Labute approximate surface area is 121 Å². The molecule has 0 bridgehead atoms. The molecule has 3 nitrogen and oxygen atoms in total. The third-order valence-electron chi connectivity index (χ3n) is 3.02. The van der Waals surface area contributed by atoms with Crippen molar-refractivity contribution in [3.63, 3.8) is 0 Å². The molecule has 3 aromatic rings. The number of aryl methyl sites for hydroxylation is 2. The smallest absolute Gasteiger partial charge is 0.192 e. The second kappa shape index (κ2) is 5.13. The zero-order chi connectivity index (χ0) is 14.1. The van der Waals surface area contributed by atoms with Crippen LogP contribution in [0.2, 0.25) is 0 Å². The number of phenolic OH excluding ortho intramolecular Hbond substituents is 1. The van der Waals surface area contributed by atoms with Gasteiger partial charge >= 0.3 is 0 Å². The molecule has 0 spiro atoms. The summed E-state index contributed by atoms with van der Waals surface area (Å²) >= 11 is 1.52. The number of hydrogen-bond donors (Lipinski definition) is 1. The van der Waals surface area contributed by atoms with Crippen LogP contribution in [0.4, 0.5) is 0 Å². The highest BCUT2D eigenvalue weighted by molar-refractivity contribution is 7.99. The van der Waals surface area contributed by atoms with Crippen LogP contribution < -0.4 is 0 Å². The topological polar surface area (TPSA) is 46.0 Å². The lowest BCUT2D eigenvalue weighted by atomic mass is 10.1. The summed E-state index contributed by atoms with van der Waals surface area (Å²) < 4.78 is 0. The van der Waals surface area contributed by atoms with Crippen molar-refractivity contribution in [2.45, 2.75) is 23.9 Å². The molecule has 0 aliphatic carbocycles. The van der Waals surface area contributed by atoms with E-state index in [4.69, 9.17) is 0 Å². The van der Waals surface area contributed by atoms with Crippen molar-refractivity contribution >= 4 is 22.5 Å². The lowest BCUT2D eigenvalue weighted by Crippen LogP contribution is -1.92. The normalized spacial score (nSPS) is 10.9. The minimum atomic E-state index is 0.297. The number of nitrogens with zero attached hydrogens (tertiary/aromatic N) is 2. The summed E-state index contributed by atoms with van der Waals surface area (Å²) in [6, 6.07) is 13.4. The van der Waals surface area contributed by atoms with Gasteiger partial charge in [-0.15, -0.1) is 0 Å². The minimum Gasteiger partial charge on any atom is -0.507 e. The molecule has 1 N–H and O–H groups in total. The lowest BCUT2D eigenvalue weighted by molar-refractivity contribution is 0.481. The first-order valence-electron chi connectivity index (χ1n) is 6.34. The fourth-order valence-electron chi connectivity index (χ4n) is 2.18. The average Bonchev–Trinajstić information content (AvgIpc) is 2.41. The number of rotatable bonds is 2. The van der Waals surface area contributed by atoms with Crippen LogP contribution in [0.25, 0.3) is 10.8 Å². The average molecular weight is 282 g/mol. The standard InChI is InChI=1S/C16H14N2OS/c1-10-9-11(2)18-16(17-10)20-15-8-7-14(19)12-5-3-4-6-13(12)15/h3-9,19H,1-2H3. The van der Waals surface area contributed by atoms with Crippen molar-refractivity contribution in [2.24, 2.45) is 0 Å². The van der Waals surface area contributed by atoms with Gasteiger partial charge in [0.15, 0.2) is 5.16 Å². The van der Waals surface area contributed by atoms with E-state index in [0.717, 1.165) is 32.2 Å². The fraction of sp³-hybridized carbons (Fsp3) is 0.125. The summed E-state index contributed by atoms with van der Waals surface area (Å²) in [6.07, 6.45) is 0. The molecule has 0 amide bonds. The van der Waals surface area contributed by atoms with E-state index in [1.165, 1.54) is 11.8 Å². The van der Waals surface area contributed by atoms with Gasteiger partial charge in [0.1, 0.15) is 5.75 Å². The molecule has 3 rings (SSSR count). The van der Waals surface area contributed by atoms with Crippen LogP contribution in [0.5, 0.6) is 5.75 Å². The summed E-state index contributed by atoms with van der Waals surface area (Å²) in [4.78, 5) is 9.94. The van der Waals surface area contributed by atoms with E-state index in [2.05, 4.69) is 9.97 Å². The van der Waals surface area contributed by atoms with Crippen LogP contribution in [0.15, 0.2) is 52.5 Å². The van der Waals surface area contributed by atoms with Gasteiger partial charge in [-0.3, -0.25) is 0 Å². The Morgan fingerprint density at radius 1 is 0.900 bits per heavy atom. The second-order valence-electron chi connectivity index (χ2n) is 4.66. The summed E-state index contributed by atoms with van der Waals surface area (Å²) in [6.45, 7) is 3.93. The maximum absolute atomic E-state index is 9.91. The van der Waals surface area contributed by atoms with Crippen LogP contribution in [0.3, 0.4) is 0 Å². The number of hydrogen-bond acceptors (Lipinski definition) is 4. The van der Waals surface area contributed by atoms with E-state index in [9.17, 15) is 5.11 Å². The molecule has 2 aromatic carbocycles. The number of fused-ring (bicyclic) bond motifs is 1. The fourth-order valence-corrected chi connectivity index (χ4v) is 3.18. The Morgan fingerprint density at radius 3 is 2.25 bits per heavy atom. The quantitative estimate of drug-likeness (QED) is 0.719. The van der Waals surface area contributed by atoms with E-state index >= 15 is 0 Å². The first kappa shape index (κ1) is 12.9. The molecule has 100 valence electrons. The first-order chi connectivity index (χ1) is 9.63. The summed E-state index contributed by atoms with van der Waals surface area (Å²) in [5, 5.41) is 12.5. The predicted molar refractivity (Wildman–Crippen MR) is 81.2 cm³/mol. The van der Waals surface area contributed by atoms with Crippen molar-refractivity contribution in [3.05, 3.63) is 53.9 Å². The number of aromatic nitrogens is 2. The molecule has 0 aliphatic heterocycles. The van der Waals surface area contributed by atoms with Crippen LogP contribution in [0, 0.1) is 13.8 Å². The molecule has 0 fully saturated rings. The van der Waals surface area contributed by atoms with Gasteiger partial charge in [-0.05, 0) is 49.2 Å². The van der Waals surface area contributed by atoms with Gasteiger partial charge in [0.05, 0.1) is 0 Å². The molecule has 20 heavy (non-hydrogen) atoms. The summed E-state index contributed by atoms with van der Waals surface area (Å²) in [7, 11) is 0. The van der Waals surface area contributed by atoms with Gasteiger partial charge in [0.2, 0.25) is 0 Å². The Bertz CT molecular complexity index is 766. The molecular formula is C16H14N2OS. The van der Waals surface area contributed by atoms with Crippen LogP contribution in [0.1, 0.15) is 11.4 Å². The minimum absolute atomic E-state index is 0.297. The maximum Gasteiger partial charge on any atom is 0.192 e. The molecule has 0 radical (unpaired) electrons. The van der Waals surface area contributed by atoms with E-state index in [1.54, 1.807) is 6.07 Å². The molecule has 0 unspecified atom stereocenters. The van der Waals surface area contributed by atoms with Gasteiger partial charge in [0, 0.05) is 21.7 Å². The third-order valence-corrected chi connectivity index (χ3v) is 3.97. The number of benzene rings is 2. The summed E-state index contributed by atoms with van der Waals surface area (Å²) in [5.74, 6) is 0.297. The lowest BCUT2D eigenvalue weighted by Gasteiger charge is -2.07. The van der Waals surface area contributed by atoms with E-state index in [-0.39, 0.29) is 0 Å². The highest BCUT2D eigenvalue weighted by atomic mass is 32.2. The van der Waals surface area contributed by atoms with Crippen molar-refractivity contribution in [2.75, 3.05) is 0 Å². The SMILES string of the molecule is Cc1cc(C)nc(Sc2ccc(O)c3ccccc23)n1. The first-order valence-corrected chi connectivity index (χ1v) is 7.16. The molecule has 0 aliphatic rings. The highest BCUT2D eigenvalue weighted by Gasteiger charge is 2.08. The van der Waals surface area contributed by atoms with Crippen LogP contribution in [-0.4, -0.2) is 15.1 Å². The molecule has 0 saturated carbocycles. The van der Waals surface area contributed by atoms with Crippen molar-refractivity contribution in [3.8, 4) is 5.75 Å². The Hall–Kier alpha value is -2.07. The van der Waals surface area contributed by atoms with Gasteiger partial charge in [-0.2, -0.15) is 0 Å². The molecule has 0 atom stereocenters. The predicted octanol–water partition coefficient (Wildman–Crippen LogP) is 4.10. The largest absolute Gasteiger partial charge is 0.507 e. The van der Waals surface area contributed by atoms with Gasteiger partial charge in [-0.1, -0.05) is 24.3 Å². The zero-order valence-electron chi connectivity index (χ0n) is 11.3. The van der Waals surface area contributed by atoms with E-state index < -0.39 is 0 Å². The van der Waals surface area contributed by atoms with Gasteiger partial charge < -0.3 is 5.11 Å². The van der Waals surface area contributed by atoms with Gasteiger partial charge in [-0.25, -0.2) is 9.97 Å². The molecule has 0 saturated heterocycles. The Morgan fingerprint density at radius 2 is 1.55 bits per heavy atom. The van der Waals surface area contributed by atoms with Crippen molar-refractivity contribution in [1.29, 1.82) is 0 Å². The highest BCUT2D eigenvalue weighted by Crippen LogP contribution is 2.35. The van der Waals surface area contributed by atoms with Crippen molar-refractivity contribution in [1.82, 2.24) is 9.97 Å². The maximum atomic E-state index is 9.91. The Kier molecular flexibility index (Phi) is 3.32. The van der Waals surface area contributed by atoms with Gasteiger partial charge in [0.25, 0.3) is 0 Å². The number of aromatic hydroxyl groups is 1. The van der Waals surface area contributed by atoms with E-state index in [1.807, 2.05) is 50.2 Å². The van der Waals surface area contributed by atoms with Crippen LogP contribution in [-0.2, 0) is 0 Å². The van der Waals surface area contributed by atoms with Crippen LogP contribution >= 0.6 is 11.8 Å². The van der Waals surface area contributed by atoms with E-state index in [0.29, 0.717) is 5.75 Å².